The Morgan fingerprint density at radius 1 is 1.29 bits per heavy atom. The van der Waals surface area contributed by atoms with Crippen molar-refractivity contribution < 1.29 is 4.79 Å². The Morgan fingerprint density at radius 3 is 2.79 bits per heavy atom. The quantitative estimate of drug-likeness (QED) is 0.855. The largest absolute Gasteiger partial charge is 0.370 e. The molecule has 0 unspecified atom stereocenters. The van der Waals surface area contributed by atoms with Gasteiger partial charge in [-0.25, -0.2) is 4.98 Å². The van der Waals surface area contributed by atoms with Crippen LogP contribution in [0.25, 0.3) is 0 Å². The van der Waals surface area contributed by atoms with Crippen molar-refractivity contribution in [2.45, 2.75) is 19.4 Å². The van der Waals surface area contributed by atoms with Crippen molar-refractivity contribution in [1.82, 2.24) is 9.88 Å². The number of benzene rings is 1. The van der Waals surface area contributed by atoms with E-state index in [-0.39, 0.29) is 11.9 Å². The molecule has 1 aliphatic rings. The number of rotatable bonds is 6. The van der Waals surface area contributed by atoms with Crippen molar-refractivity contribution in [3.63, 3.8) is 0 Å². The van der Waals surface area contributed by atoms with E-state index >= 15 is 0 Å². The molecule has 0 aliphatic carbocycles. The molecule has 126 valence electrons. The molecule has 2 heterocycles. The summed E-state index contributed by atoms with van der Waals surface area (Å²) in [5.74, 6) is 1.11. The van der Waals surface area contributed by atoms with Crippen LogP contribution < -0.4 is 11.1 Å². The van der Waals surface area contributed by atoms with Crippen LogP contribution in [0.15, 0.2) is 48.5 Å². The topological polar surface area (TPSA) is 71.2 Å². The van der Waals surface area contributed by atoms with Crippen LogP contribution in [-0.4, -0.2) is 35.4 Å². The zero-order chi connectivity index (χ0) is 16.9. The third-order valence-electron chi connectivity index (χ3n) is 4.53. The van der Waals surface area contributed by atoms with Gasteiger partial charge in [-0.1, -0.05) is 36.4 Å². The van der Waals surface area contributed by atoms with Crippen LogP contribution in [0.2, 0.25) is 0 Å². The van der Waals surface area contributed by atoms with E-state index in [1.54, 1.807) is 0 Å². The number of nitrogens with zero attached hydrogens (tertiary/aromatic N) is 2. The summed E-state index contributed by atoms with van der Waals surface area (Å²) in [4.78, 5) is 18.6. The zero-order valence-electron chi connectivity index (χ0n) is 14.0. The number of aromatic nitrogens is 1. The first-order chi connectivity index (χ1) is 11.6. The molecule has 1 amide bonds. The fourth-order valence-electron chi connectivity index (χ4n) is 3.34. The van der Waals surface area contributed by atoms with Crippen LogP contribution in [0.1, 0.15) is 23.7 Å². The summed E-state index contributed by atoms with van der Waals surface area (Å²) in [6.45, 7) is 4.59. The number of hydrogen-bond donors (Lipinski definition) is 2. The van der Waals surface area contributed by atoms with Crippen LogP contribution in [0.3, 0.4) is 0 Å². The van der Waals surface area contributed by atoms with Crippen LogP contribution >= 0.6 is 0 Å². The van der Waals surface area contributed by atoms with Gasteiger partial charge in [0.1, 0.15) is 11.9 Å². The molecule has 1 aliphatic heterocycles. The van der Waals surface area contributed by atoms with Crippen molar-refractivity contribution in [1.29, 1.82) is 0 Å². The van der Waals surface area contributed by atoms with Gasteiger partial charge < -0.3 is 11.1 Å². The summed E-state index contributed by atoms with van der Waals surface area (Å²) >= 11 is 0. The third kappa shape index (κ3) is 3.92. The average Bonchev–Trinajstić information content (AvgIpc) is 3.02. The van der Waals surface area contributed by atoms with Crippen molar-refractivity contribution in [2.24, 2.45) is 11.7 Å². The summed E-state index contributed by atoms with van der Waals surface area (Å²) in [6.07, 6.45) is 1.05. The van der Waals surface area contributed by atoms with Gasteiger partial charge in [0.2, 0.25) is 5.91 Å². The second-order valence-corrected chi connectivity index (χ2v) is 6.41. The normalized spacial score (nSPS) is 19.1. The molecule has 2 atom stereocenters. The van der Waals surface area contributed by atoms with Gasteiger partial charge in [0, 0.05) is 18.8 Å². The van der Waals surface area contributed by atoms with Gasteiger partial charge in [0.05, 0.1) is 0 Å². The van der Waals surface area contributed by atoms with E-state index in [1.165, 1.54) is 0 Å². The molecule has 3 rings (SSSR count). The lowest BCUT2D eigenvalue weighted by Gasteiger charge is -2.25. The Balaban J connectivity index is 1.60. The fraction of sp³-hybridized carbons (Fsp3) is 0.368. The number of likely N-dealkylation sites (tertiary alicyclic amines) is 1. The second-order valence-electron chi connectivity index (χ2n) is 6.41. The van der Waals surface area contributed by atoms with Gasteiger partial charge in [0.25, 0.3) is 0 Å². The lowest BCUT2D eigenvalue weighted by molar-refractivity contribution is -0.123. The number of anilines is 1. The number of primary amides is 1. The van der Waals surface area contributed by atoms with Crippen molar-refractivity contribution >= 4 is 11.7 Å². The monoisotopic (exact) mass is 324 g/mol. The maximum atomic E-state index is 12.0. The van der Waals surface area contributed by atoms with E-state index in [1.807, 2.05) is 55.5 Å². The highest BCUT2D eigenvalue weighted by Crippen LogP contribution is 2.27. The predicted octanol–water partition coefficient (Wildman–Crippen LogP) is 2.35. The summed E-state index contributed by atoms with van der Waals surface area (Å²) in [5.41, 5.74) is 7.65. The molecular formula is C19H24N4O. The highest BCUT2D eigenvalue weighted by molar-refractivity contribution is 5.81. The number of carbonyl (C=O) groups excluding carboxylic acids is 1. The van der Waals surface area contributed by atoms with Crippen molar-refractivity contribution in [2.75, 3.05) is 25.0 Å². The summed E-state index contributed by atoms with van der Waals surface area (Å²) < 4.78 is 0. The third-order valence-corrected chi connectivity index (χ3v) is 4.53. The molecule has 1 aromatic carbocycles. The molecule has 1 aromatic heterocycles. The Bertz CT molecular complexity index is 689. The molecule has 5 nitrogen and oxygen atoms in total. The number of pyridine rings is 1. The maximum Gasteiger partial charge on any atom is 0.239 e. The standard InChI is InChI=1S/C19H24N4O/c1-14-6-5-9-17(22-14)21-12-15-10-11-23(13-15)18(19(20)24)16-7-3-2-4-8-16/h2-9,15,18H,10-13H2,1H3,(H2,20,24)(H,21,22)/t15-,18-/m0/s1. The van der Waals surface area contributed by atoms with E-state index < -0.39 is 0 Å². The van der Waals surface area contributed by atoms with E-state index in [9.17, 15) is 4.79 Å². The Hall–Kier alpha value is -2.40. The van der Waals surface area contributed by atoms with Crippen LogP contribution in [0, 0.1) is 12.8 Å². The Labute approximate surface area is 142 Å². The highest BCUT2D eigenvalue weighted by Gasteiger charge is 2.32. The fourth-order valence-corrected chi connectivity index (χ4v) is 3.34. The van der Waals surface area contributed by atoms with Crippen molar-refractivity contribution in [3.8, 4) is 0 Å². The van der Waals surface area contributed by atoms with Gasteiger partial charge in [-0.15, -0.1) is 0 Å². The number of amides is 1. The molecule has 3 N–H and O–H groups in total. The molecule has 0 bridgehead atoms. The summed E-state index contributed by atoms with van der Waals surface area (Å²) in [5, 5.41) is 3.40. The van der Waals surface area contributed by atoms with Crippen LogP contribution in [0.4, 0.5) is 5.82 Å². The molecule has 0 radical (unpaired) electrons. The van der Waals surface area contributed by atoms with Crippen LogP contribution in [0.5, 0.6) is 0 Å². The van der Waals surface area contributed by atoms with Gasteiger partial charge in [-0.3, -0.25) is 9.69 Å². The second kappa shape index (κ2) is 7.45. The van der Waals surface area contributed by atoms with E-state index in [2.05, 4.69) is 15.2 Å². The average molecular weight is 324 g/mol. The Morgan fingerprint density at radius 2 is 2.08 bits per heavy atom. The smallest absolute Gasteiger partial charge is 0.239 e. The highest BCUT2D eigenvalue weighted by atomic mass is 16.1. The molecule has 5 heteroatoms. The molecule has 24 heavy (non-hydrogen) atoms. The van der Waals surface area contributed by atoms with Crippen molar-refractivity contribution in [3.05, 3.63) is 59.8 Å². The molecule has 1 saturated heterocycles. The van der Waals surface area contributed by atoms with Crippen LogP contribution in [-0.2, 0) is 4.79 Å². The maximum absolute atomic E-state index is 12.0. The first kappa shape index (κ1) is 16.5. The van der Waals surface area contributed by atoms with E-state index in [4.69, 9.17) is 5.73 Å². The number of nitrogens with two attached hydrogens (primary N) is 1. The molecular weight excluding hydrogens is 300 g/mol. The predicted molar refractivity (Wildman–Crippen MR) is 95.5 cm³/mol. The minimum atomic E-state index is -0.340. The lowest BCUT2D eigenvalue weighted by Crippen LogP contribution is -2.36. The minimum Gasteiger partial charge on any atom is -0.370 e. The molecule has 0 saturated carbocycles. The molecule has 2 aromatic rings. The van der Waals surface area contributed by atoms with E-state index in [0.717, 1.165) is 43.1 Å². The first-order valence-electron chi connectivity index (χ1n) is 8.39. The summed E-state index contributed by atoms with van der Waals surface area (Å²) in [6, 6.07) is 15.4. The molecule has 0 spiro atoms. The number of carbonyl (C=O) groups is 1. The zero-order valence-corrected chi connectivity index (χ0v) is 14.0. The van der Waals surface area contributed by atoms with Gasteiger partial charge >= 0.3 is 0 Å². The number of nitrogens with one attached hydrogen (secondary N) is 1. The summed E-state index contributed by atoms with van der Waals surface area (Å²) in [7, 11) is 0. The first-order valence-corrected chi connectivity index (χ1v) is 8.39. The van der Waals surface area contributed by atoms with Gasteiger partial charge in [-0.05, 0) is 43.5 Å². The Kier molecular flexibility index (Phi) is 5.11. The van der Waals surface area contributed by atoms with E-state index in [0.29, 0.717) is 5.92 Å². The minimum absolute atomic E-state index is 0.282. The number of hydrogen-bond acceptors (Lipinski definition) is 4. The SMILES string of the molecule is Cc1cccc(NC[C@@H]2CCN([C@H](C(N)=O)c3ccccc3)C2)n1. The lowest BCUT2D eigenvalue weighted by atomic mass is 10.0. The number of aryl methyl sites for hydroxylation is 1. The molecule has 1 fully saturated rings. The van der Waals surface area contributed by atoms with Gasteiger partial charge in [0.15, 0.2) is 0 Å². The van der Waals surface area contributed by atoms with Gasteiger partial charge in [-0.2, -0.15) is 0 Å².